The van der Waals surface area contributed by atoms with Gasteiger partial charge in [0.05, 0.1) is 0 Å². The number of halogens is 2. The predicted molar refractivity (Wildman–Crippen MR) is 98.5 cm³/mol. The van der Waals surface area contributed by atoms with E-state index in [9.17, 15) is 13.6 Å². The van der Waals surface area contributed by atoms with Crippen LogP contribution in [-0.2, 0) is 17.6 Å². The highest BCUT2D eigenvalue weighted by atomic mass is 32.2. The lowest BCUT2D eigenvalue weighted by molar-refractivity contribution is -0.116. The number of carbonyl (C=O) groups excluding carboxylic acids is 1. The molecule has 25 heavy (non-hydrogen) atoms. The van der Waals surface area contributed by atoms with E-state index in [1.807, 2.05) is 6.07 Å². The van der Waals surface area contributed by atoms with E-state index in [-0.39, 0.29) is 5.91 Å². The van der Waals surface area contributed by atoms with Crippen LogP contribution in [0.25, 0.3) is 0 Å². The number of benzene rings is 2. The Hall–Kier alpha value is -2.08. The second-order valence-electron chi connectivity index (χ2n) is 6.10. The van der Waals surface area contributed by atoms with Gasteiger partial charge in [0, 0.05) is 16.3 Å². The van der Waals surface area contributed by atoms with Crippen LogP contribution in [0.1, 0.15) is 24.5 Å². The van der Waals surface area contributed by atoms with Crippen molar-refractivity contribution in [3.8, 4) is 0 Å². The van der Waals surface area contributed by atoms with E-state index in [0.717, 1.165) is 18.5 Å². The van der Waals surface area contributed by atoms with Gasteiger partial charge in [-0.3, -0.25) is 4.79 Å². The van der Waals surface area contributed by atoms with Crippen LogP contribution in [-0.4, -0.2) is 17.7 Å². The highest BCUT2D eigenvalue weighted by Crippen LogP contribution is 2.27. The molecule has 1 amide bonds. The minimum absolute atomic E-state index is 0.172. The fourth-order valence-electron chi connectivity index (χ4n) is 2.95. The number of hydrogen-bond donors (Lipinski definition) is 2. The summed E-state index contributed by atoms with van der Waals surface area (Å²) in [5, 5.41) is 6.01. The summed E-state index contributed by atoms with van der Waals surface area (Å²) in [7, 11) is 0. The molecule has 0 bridgehead atoms. The maximum absolute atomic E-state index is 12.3. The lowest BCUT2D eigenvalue weighted by atomic mass is 10.1. The van der Waals surface area contributed by atoms with Crippen LogP contribution in [0.3, 0.4) is 0 Å². The summed E-state index contributed by atoms with van der Waals surface area (Å²) in [6.07, 6.45) is 3.41. The summed E-state index contributed by atoms with van der Waals surface area (Å²) in [5.41, 5.74) is 4.27. The quantitative estimate of drug-likeness (QED) is 0.716. The molecule has 0 spiro atoms. The van der Waals surface area contributed by atoms with Crippen LogP contribution in [0.5, 0.6) is 0 Å². The second kappa shape index (κ2) is 7.87. The lowest BCUT2D eigenvalue weighted by Gasteiger charge is -2.16. The molecule has 0 fully saturated rings. The van der Waals surface area contributed by atoms with Gasteiger partial charge in [0.15, 0.2) is 0 Å². The first-order valence-electron chi connectivity index (χ1n) is 8.25. The molecule has 6 heteroatoms. The Bertz CT molecular complexity index is 750. The van der Waals surface area contributed by atoms with Gasteiger partial charge in [0.1, 0.15) is 6.04 Å². The van der Waals surface area contributed by atoms with Gasteiger partial charge in [0.2, 0.25) is 5.91 Å². The van der Waals surface area contributed by atoms with E-state index in [1.54, 1.807) is 31.2 Å². The number of rotatable bonds is 6. The van der Waals surface area contributed by atoms with E-state index in [4.69, 9.17) is 0 Å². The number of hydrogen-bond acceptors (Lipinski definition) is 3. The lowest BCUT2D eigenvalue weighted by Crippen LogP contribution is -2.31. The first-order valence-corrected chi connectivity index (χ1v) is 9.13. The Morgan fingerprint density at radius 2 is 1.72 bits per heavy atom. The van der Waals surface area contributed by atoms with Crippen molar-refractivity contribution in [2.75, 3.05) is 10.6 Å². The van der Waals surface area contributed by atoms with Gasteiger partial charge in [-0.15, -0.1) is 0 Å². The van der Waals surface area contributed by atoms with Gasteiger partial charge in [0.25, 0.3) is 5.76 Å². The van der Waals surface area contributed by atoms with Crippen LogP contribution in [0.2, 0.25) is 0 Å². The van der Waals surface area contributed by atoms with E-state index in [2.05, 4.69) is 22.8 Å². The van der Waals surface area contributed by atoms with Crippen molar-refractivity contribution >= 4 is 29.0 Å². The Balaban J connectivity index is 1.57. The number of aryl methyl sites for hydroxylation is 2. The molecule has 1 atom stereocenters. The van der Waals surface area contributed by atoms with E-state index in [1.165, 1.54) is 17.5 Å². The zero-order valence-corrected chi connectivity index (χ0v) is 14.7. The summed E-state index contributed by atoms with van der Waals surface area (Å²) in [4.78, 5) is 12.8. The predicted octanol–water partition coefficient (Wildman–Crippen LogP) is 4.93. The number of fused-ring (bicyclic) bond motifs is 1. The average Bonchev–Trinajstić information content (AvgIpc) is 3.03. The molecule has 2 N–H and O–H groups in total. The SMILES string of the molecule is C[C@@H](Nc1ccc2c(c1)CCC2)C(=O)Nc1ccc(SC(F)F)cc1. The van der Waals surface area contributed by atoms with Crippen LogP contribution in [0.4, 0.5) is 20.2 Å². The summed E-state index contributed by atoms with van der Waals surface area (Å²) < 4.78 is 24.6. The zero-order chi connectivity index (χ0) is 17.8. The standard InChI is InChI=1S/C19H20F2N2OS/c1-12(22-16-6-5-13-3-2-4-14(13)11-16)18(24)23-15-7-9-17(10-8-15)25-19(20)21/h5-12,19,22H,2-4H2,1H3,(H,23,24)/t12-/m1/s1. The smallest absolute Gasteiger partial charge is 0.288 e. The van der Waals surface area contributed by atoms with Crippen LogP contribution in [0.15, 0.2) is 47.4 Å². The number of nitrogens with one attached hydrogen (secondary N) is 2. The minimum Gasteiger partial charge on any atom is -0.374 e. The third-order valence-electron chi connectivity index (χ3n) is 4.22. The van der Waals surface area contributed by atoms with Crippen molar-refractivity contribution < 1.29 is 13.6 Å². The highest BCUT2D eigenvalue weighted by Gasteiger charge is 2.15. The van der Waals surface area contributed by atoms with Gasteiger partial charge in [-0.1, -0.05) is 17.8 Å². The topological polar surface area (TPSA) is 41.1 Å². The van der Waals surface area contributed by atoms with Crippen molar-refractivity contribution in [3.63, 3.8) is 0 Å². The number of alkyl halides is 2. The van der Waals surface area contributed by atoms with Gasteiger partial charge < -0.3 is 10.6 Å². The number of anilines is 2. The van der Waals surface area contributed by atoms with Crippen LogP contribution in [0, 0.1) is 0 Å². The molecule has 0 saturated carbocycles. The molecule has 0 unspecified atom stereocenters. The van der Waals surface area contributed by atoms with Gasteiger partial charge in [-0.05, 0) is 73.7 Å². The molecule has 1 aliphatic rings. The van der Waals surface area contributed by atoms with E-state index < -0.39 is 11.8 Å². The third-order valence-corrected chi connectivity index (χ3v) is 4.94. The highest BCUT2D eigenvalue weighted by molar-refractivity contribution is 7.99. The number of carbonyl (C=O) groups is 1. The van der Waals surface area contributed by atoms with Gasteiger partial charge in [-0.2, -0.15) is 8.78 Å². The number of amides is 1. The maximum Gasteiger partial charge on any atom is 0.288 e. The molecule has 2 aromatic rings. The van der Waals surface area contributed by atoms with E-state index in [0.29, 0.717) is 22.3 Å². The molecular weight excluding hydrogens is 342 g/mol. The molecular formula is C19H20F2N2OS. The molecule has 0 radical (unpaired) electrons. The molecule has 0 saturated heterocycles. The van der Waals surface area contributed by atoms with Crippen molar-refractivity contribution in [3.05, 3.63) is 53.6 Å². The fourth-order valence-corrected chi connectivity index (χ4v) is 3.45. The fraction of sp³-hybridized carbons (Fsp3) is 0.316. The van der Waals surface area contributed by atoms with Crippen LogP contribution >= 0.6 is 11.8 Å². The monoisotopic (exact) mass is 362 g/mol. The molecule has 0 heterocycles. The Morgan fingerprint density at radius 1 is 1.04 bits per heavy atom. The van der Waals surface area contributed by atoms with Crippen molar-refractivity contribution in [2.45, 2.75) is 42.9 Å². The molecule has 3 rings (SSSR count). The molecule has 0 aliphatic heterocycles. The van der Waals surface area contributed by atoms with Gasteiger partial charge in [-0.25, -0.2) is 0 Å². The normalized spacial score (nSPS) is 14.2. The third kappa shape index (κ3) is 4.72. The van der Waals surface area contributed by atoms with Crippen LogP contribution < -0.4 is 10.6 Å². The van der Waals surface area contributed by atoms with E-state index >= 15 is 0 Å². The van der Waals surface area contributed by atoms with Gasteiger partial charge >= 0.3 is 0 Å². The minimum atomic E-state index is -2.45. The summed E-state index contributed by atoms with van der Waals surface area (Å²) in [6, 6.07) is 12.2. The van der Waals surface area contributed by atoms with Crippen molar-refractivity contribution in [2.24, 2.45) is 0 Å². The second-order valence-corrected chi connectivity index (χ2v) is 7.16. The zero-order valence-electron chi connectivity index (χ0n) is 13.9. The summed E-state index contributed by atoms with van der Waals surface area (Å²) in [6.45, 7) is 1.80. The number of thioether (sulfide) groups is 1. The summed E-state index contributed by atoms with van der Waals surface area (Å²) >= 11 is 0.485. The van der Waals surface area contributed by atoms with Crippen molar-refractivity contribution in [1.29, 1.82) is 0 Å². The van der Waals surface area contributed by atoms with Crippen molar-refractivity contribution in [1.82, 2.24) is 0 Å². The Kier molecular flexibility index (Phi) is 5.58. The largest absolute Gasteiger partial charge is 0.374 e. The Labute approximate surface area is 150 Å². The first-order chi connectivity index (χ1) is 12.0. The first kappa shape index (κ1) is 17.7. The molecule has 3 nitrogen and oxygen atoms in total. The summed E-state index contributed by atoms with van der Waals surface area (Å²) in [5.74, 6) is -2.62. The molecule has 2 aromatic carbocycles. The molecule has 0 aromatic heterocycles. The molecule has 1 aliphatic carbocycles. The Morgan fingerprint density at radius 3 is 2.44 bits per heavy atom. The average molecular weight is 362 g/mol. The molecule has 132 valence electrons. The maximum atomic E-state index is 12.3.